The molecular weight excluding hydrogens is 367 g/mol. The van der Waals surface area contributed by atoms with Crippen LogP contribution in [0.2, 0.25) is 5.02 Å². The molecule has 132 valence electrons. The number of rotatable bonds is 1. The van der Waals surface area contributed by atoms with Crippen molar-refractivity contribution in [2.75, 3.05) is 0 Å². The van der Waals surface area contributed by atoms with Crippen molar-refractivity contribution in [1.29, 1.82) is 0 Å². The molecule has 7 heteroatoms. The summed E-state index contributed by atoms with van der Waals surface area (Å²) < 4.78 is 48.4. The lowest BCUT2D eigenvalue weighted by atomic mass is 10.1. The fraction of sp³-hybridized carbons (Fsp3) is 0.105. The van der Waals surface area contributed by atoms with Gasteiger partial charge in [-0.1, -0.05) is 29.8 Å². The van der Waals surface area contributed by atoms with E-state index < -0.39 is 17.6 Å². The average molecular weight is 378 g/mol. The number of hydrogen-bond donors (Lipinski definition) is 0. The van der Waals surface area contributed by atoms with Crippen LogP contribution in [0.5, 0.6) is 0 Å². The highest BCUT2D eigenvalue weighted by Crippen LogP contribution is 2.45. The van der Waals surface area contributed by atoms with Gasteiger partial charge < -0.3 is 4.42 Å². The van der Waals surface area contributed by atoms with E-state index in [0.717, 1.165) is 4.57 Å². The summed E-state index contributed by atoms with van der Waals surface area (Å²) in [4.78, 5) is 12.2. The Bertz CT molecular complexity index is 1140. The molecule has 0 fully saturated rings. The molecule has 2 aromatic carbocycles. The van der Waals surface area contributed by atoms with E-state index in [1.165, 1.54) is 31.2 Å². The first-order valence-electron chi connectivity index (χ1n) is 7.68. The quantitative estimate of drug-likeness (QED) is 0.385. The number of aromatic nitrogens is 1. The second-order valence-corrected chi connectivity index (χ2v) is 6.32. The average Bonchev–Trinajstić information content (AvgIpc) is 3.12. The van der Waals surface area contributed by atoms with Gasteiger partial charge >= 0.3 is 6.18 Å². The highest BCUT2D eigenvalue weighted by Gasteiger charge is 2.40. The van der Waals surface area contributed by atoms with Crippen LogP contribution < -0.4 is 0 Å². The maximum atomic E-state index is 13.9. The molecule has 2 aromatic heterocycles. The third-order valence-electron chi connectivity index (χ3n) is 4.19. The van der Waals surface area contributed by atoms with Crippen LogP contribution >= 0.6 is 11.6 Å². The van der Waals surface area contributed by atoms with Crippen LogP contribution in [0.4, 0.5) is 13.2 Å². The molecule has 0 saturated heterocycles. The minimum absolute atomic E-state index is 0.0268. The van der Waals surface area contributed by atoms with E-state index in [0.29, 0.717) is 11.0 Å². The van der Waals surface area contributed by atoms with Crippen LogP contribution in [0.1, 0.15) is 17.3 Å². The van der Waals surface area contributed by atoms with Crippen molar-refractivity contribution >= 4 is 39.4 Å². The second kappa shape index (κ2) is 5.64. The maximum absolute atomic E-state index is 13.9. The standard InChI is InChI=1S/C19H11ClF3NO2/c1-10(25)24-14-7-6-12(20)9-13(14)17(19(21,22)23)18(24)16-8-11-4-2-3-5-15(11)26-16/h2-9H,1H3. The summed E-state index contributed by atoms with van der Waals surface area (Å²) in [7, 11) is 0. The Morgan fingerprint density at radius 3 is 2.50 bits per heavy atom. The van der Waals surface area contributed by atoms with Crippen molar-refractivity contribution in [3.8, 4) is 11.5 Å². The topological polar surface area (TPSA) is 35.1 Å². The van der Waals surface area contributed by atoms with Crippen LogP contribution in [0, 0.1) is 0 Å². The van der Waals surface area contributed by atoms with Gasteiger partial charge in [0.1, 0.15) is 11.3 Å². The predicted octanol–water partition coefficient (Wildman–Crippen LogP) is 6.39. The summed E-state index contributed by atoms with van der Waals surface area (Å²) in [5.74, 6) is -0.579. The van der Waals surface area contributed by atoms with Gasteiger partial charge in [0.2, 0.25) is 5.91 Å². The van der Waals surface area contributed by atoms with Crippen LogP contribution in [0.15, 0.2) is 52.9 Å². The van der Waals surface area contributed by atoms with Crippen molar-refractivity contribution in [3.05, 3.63) is 59.1 Å². The van der Waals surface area contributed by atoms with Gasteiger partial charge in [0.25, 0.3) is 0 Å². The lowest BCUT2D eigenvalue weighted by molar-refractivity contribution is -0.135. The minimum Gasteiger partial charge on any atom is -0.454 e. The fourth-order valence-corrected chi connectivity index (χ4v) is 3.38. The lowest BCUT2D eigenvalue weighted by Gasteiger charge is -2.09. The van der Waals surface area contributed by atoms with Crippen molar-refractivity contribution in [2.24, 2.45) is 0 Å². The first-order chi connectivity index (χ1) is 12.3. The Morgan fingerprint density at radius 2 is 1.85 bits per heavy atom. The van der Waals surface area contributed by atoms with Gasteiger partial charge in [-0.2, -0.15) is 13.2 Å². The van der Waals surface area contributed by atoms with E-state index in [1.54, 1.807) is 24.3 Å². The molecule has 0 amide bonds. The SMILES string of the molecule is CC(=O)n1c(-c2cc3ccccc3o2)c(C(F)(F)F)c2cc(Cl)ccc21. The molecule has 0 unspecified atom stereocenters. The molecule has 0 atom stereocenters. The third-order valence-corrected chi connectivity index (χ3v) is 4.42. The highest BCUT2D eigenvalue weighted by atomic mass is 35.5. The van der Waals surface area contributed by atoms with Gasteiger partial charge in [-0.3, -0.25) is 9.36 Å². The molecule has 26 heavy (non-hydrogen) atoms. The number of para-hydroxylation sites is 1. The number of halogens is 4. The van der Waals surface area contributed by atoms with Crippen molar-refractivity contribution in [2.45, 2.75) is 13.1 Å². The van der Waals surface area contributed by atoms with Crippen molar-refractivity contribution < 1.29 is 22.4 Å². The molecule has 2 heterocycles. The number of benzene rings is 2. The van der Waals surface area contributed by atoms with Gasteiger partial charge in [0, 0.05) is 22.7 Å². The number of hydrogen-bond acceptors (Lipinski definition) is 2. The van der Waals surface area contributed by atoms with E-state index in [1.807, 2.05) is 0 Å². The number of furan rings is 1. The Hall–Kier alpha value is -2.73. The summed E-state index contributed by atoms with van der Waals surface area (Å²) in [6, 6.07) is 12.4. The summed E-state index contributed by atoms with van der Waals surface area (Å²) in [5.41, 5.74) is -0.693. The molecule has 0 radical (unpaired) electrons. The molecule has 0 aliphatic heterocycles. The first kappa shape index (κ1) is 16.7. The Morgan fingerprint density at radius 1 is 1.12 bits per heavy atom. The largest absolute Gasteiger partial charge is 0.454 e. The van der Waals surface area contributed by atoms with Crippen LogP contribution in [-0.4, -0.2) is 10.5 Å². The molecule has 4 rings (SSSR count). The second-order valence-electron chi connectivity index (χ2n) is 5.89. The van der Waals surface area contributed by atoms with E-state index in [2.05, 4.69) is 0 Å². The number of fused-ring (bicyclic) bond motifs is 2. The van der Waals surface area contributed by atoms with Crippen molar-refractivity contribution in [3.63, 3.8) is 0 Å². The number of carbonyl (C=O) groups excluding carboxylic acids is 1. The van der Waals surface area contributed by atoms with E-state index in [9.17, 15) is 18.0 Å². The predicted molar refractivity (Wildman–Crippen MR) is 93.5 cm³/mol. The van der Waals surface area contributed by atoms with Crippen LogP contribution in [0.3, 0.4) is 0 Å². The van der Waals surface area contributed by atoms with Crippen LogP contribution in [-0.2, 0) is 6.18 Å². The molecule has 0 saturated carbocycles. The van der Waals surface area contributed by atoms with Gasteiger partial charge in [-0.05, 0) is 30.3 Å². The molecule has 0 spiro atoms. The number of nitrogens with zero attached hydrogens (tertiary/aromatic N) is 1. The number of alkyl halides is 3. The molecule has 4 aromatic rings. The van der Waals surface area contributed by atoms with Crippen LogP contribution in [0.25, 0.3) is 33.3 Å². The van der Waals surface area contributed by atoms with E-state index in [-0.39, 0.29) is 27.4 Å². The lowest BCUT2D eigenvalue weighted by Crippen LogP contribution is -2.11. The summed E-state index contributed by atoms with van der Waals surface area (Å²) in [5, 5.41) is 0.657. The first-order valence-corrected chi connectivity index (χ1v) is 8.06. The van der Waals surface area contributed by atoms with Gasteiger partial charge in [-0.25, -0.2) is 0 Å². The molecule has 3 nitrogen and oxygen atoms in total. The highest BCUT2D eigenvalue weighted by molar-refractivity contribution is 6.31. The minimum atomic E-state index is -4.70. The Balaban J connectivity index is 2.19. The van der Waals surface area contributed by atoms with Crippen molar-refractivity contribution in [1.82, 2.24) is 4.57 Å². The zero-order chi connectivity index (χ0) is 18.6. The summed E-state index contributed by atoms with van der Waals surface area (Å²) >= 11 is 5.91. The summed E-state index contributed by atoms with van der Waals surface area (Å²) in [6.45, 7) is 1.21. The fourth-order valence-electron chi connectivity index (χ4n) is 3.21. The monoisotopic (exact) mass is 377 g/mol. The van der Waals surface area contributed by atoms with E-state index in [4.69, 9.17) is 16.0 Å². The Kier molecular flexibility index (Phi) is 3.63. The molecule has 0 aliphatic rings. The van der Waals surface area contributed by atoms with E-state index >= 15 is 0 Å². The normalized spacial score (nSPS) is 12.2. The zero-order valence-electron chi connectivity index (χ0n) is 13.4. The molecule has 0 aliphatic carbocycles. The smallest absolute Gasteiger partial charge is 0.419 e. The van der Waals surface area contributed by atoms with Gasteiger partial charge in [0.05, 0.1) is 11.1 Å². The zero-order valence-corrected chi connectivity index (χ0v) is 14.2. The summed E-state index contributed by atoms with van der Waals surface area (Å²) in [6.07, 6.45) is -4.70. The van der Waals surface area contributed by atoms with Gasteiger partial charge in [-0.15, -0.1) is 0 Å². The molecule has 0 bridgehead atoms. The molecular formula is C19H11ClF3NO2. The Labute approximate surface area is 150 Å². The number of carbonyl (C=O) groups is 1. The third kappa shape index (κ3) is 2.49. The maximum Gasteiger partial charge on any atom is 0.419 e. The van der Waals surface area contributed by atoms with Gasteiger partial charge in [0.15, 0.2) is 5.76 Å². The molecule has 0 N–H and O–H groups in total.